The minimum atomic E-state index is -0.0201. The molecule has 2 heterocycles. The Bertz CT molecular complexity index is 1070. The minimum absolute atomic E-state index is 0.0201. The SMILES string of the molecule is C/C=C\C=CC(/C=C/CC)Nc1cc(Oc2cc(OC)c(OCCCN3CCOCC3)cc2CN)ncn1. The summed E-state index contributed by atoms with van der Waals surface area (Å²) in [6.45, 7) is 9.44. The van der Waals surface area contributed by atoms with Crippen LogP contribution in [0.5, 0.6) is 23.1 Å². The number of allylic oxidation sites excluding steroid dienone is 4. The van der Waals surface area contributed by atoms with Gasteiger partial charge in [0.25, 0.3) is 0 Å². The molecule has 0 aliphatic carbocycles. The highest BCUT2D eigenvalue weighted by atomic mass is 16.5. The summed E-state index contributed by atoms with van der Waals surface area (Å²) in [5, 5.41) is 3.39. The van der Waals surface area contributed by atoms with Gasteiger partial charge in [0.15, 0.2) is 11.5 Å². The van der Waals surface area contributed by atoms with Crippen LogP contribution in [0.4, 0.5) is 5.82 Å². The summed E-state index contributed by atoms with van der Waals surface area (Å²) >= 11 is 0. The summed E-state index contributed by atoms with van der Waals surface area (Å²) in [6, 6.07) is 5.41. The molecule has 3 rings (SSSR count). The monoisotopic (exact) mass is 523 g/mol. The average molecular weight is 524 g/mol. The van der Waals surface area contributed by atoms with Gasteiger partial charge in [-0.05, 0) is 25.8 Å². The number of hydrogen-bond donors (Lipinski definition) is 2. The van der Waals surface area contributed by atoms with Crippen molar-refractivity contribution in [2.75, 3.05) is 51.9 Å². The van der Waals surface area contributed by atoms with E-state index in [1.807, 2.05) is 31.2 Å². The second-order valence-electron chi connectivity index (χ2n) is 8.73. The van der Waals surface area contributed by atoms with Crippen molar-refractivity contribution in [3.05, 3.63) is 66.5 Å². The quantitative estimate of drug-likeness (QED) is 0.195. The molecule has 1 fully saturated rings. The van der Waals surface area contributed by atoms with E-state index in [-0.39, 0.29) is 12.6 Å². The number of nitrogens with one attached hydrogen (secondary N) is 1. The summed E-state index contributed by atoms with van der Waals surface area (Å²) in [6.07, 6.45) is 15.6. The maximum absolute atomic E-state index is 6.13. The van der Waals surface area contributed by atoms with E-state index in [0.717, 1.165) is 51.3 Å². The maximum atomic E-state index is 6.13. The molecular weight excluding hydrogens is 482 g/mol. The largest absolute Gasteiger partial charge is 0.493 e. The van der Waals surface area contributed by atoms with Gasteiger partial charge in [0.1, 0.15) is 17.9 Å². The highest BCUT2D eigenvalue weighted by Gasteiger charge is 2.15. The third-order valence-electron chi connectivity index (χ3n) is 5.92. The Morgan fingerprint density at radius 1 is 1.11 bits per heavy atom. The summed E-state index contributed by atoms with van der Waals surface area (Å²) < 4.78 is 23.2. The van der Waals surface area contributed by atoms with E-state index in [4.69, 9.17) is 24.7 Å². The maximum Gasteiger partial charge on any atom is 0.224 e. The standard InChI is InChI=1S/C29H41N5O4/c1-4-6-8-11-24(10-7-5-2)33-28-20-29(32-22-31-28)38-25-19-26(35-3)27(18-23(25)21-30)37-15-9-12-34-13-16-36-17-14-34/h4,6-8,10-11,18-20,22,24H,5,9,12-17,21,30H2,1-3H3,(H,31,32,33)/b6-4-,10-7+,11-8?. The first kappa shape index (κ1) is 29.2. The zero-order valence-corrected chi connectivity index (χ0v) is 22.8. The summed E-state index contributed by atoms with van der Waals surface area (Å²) in [5.74, 6) is 2.83. The second-order valence-corrected chi connectivity index (χ2v) is 8.73. The Hall–Kier alpha value is -3.40. The van der Waals surface area contributed by atoms with Gasteiger partial charge in [-0.2, -0.15) is 0 Å². The van der Waals surface area contributed by atoms with Gasteiger partial charge in [-0.1, -0.05) is 43.4 Å². The molecule has 1 aromatic carbocycles. The lowest BCUT2D eigenvalue weighted by molar-refractivity contribution is 0.0357. The lowest BCUT2D eigenvalue weighted by Gasteiger charge is -2.26. The lowest BCUT2D eigenvalue weighted by atomic mass is 10.1. The van der Waals surface area contributed by atoms with Crippen LogP contribution in [0.2, 0.25) is 0 Å². The van der Waals surface area contributed by atoms with Gasteiger partial charge in [0, 0.05) is 43.9 Å². The molecule has 0 radical (unpaired) electrons. The van der Waals surface area contributed by atoms with Crippen molar-refractivity contribution < 1.29 is 18.9 Å². The Morgan fingerprint density at radius 2 is 1.95 bits per heavy atom. The van der Waals surface area contributed by atoms with Gasteiger partial charge in [0.2, 0.25) is 5.88 Å². The van der Waals surface area contributed by atoms with Crippen molar-refractivity contribution in [3.63, 3.8) is 0 Å². The fourth-order valence-electron chi connectivity index (χ4n) is 3.90. The van der Waals surface area contributed by atoms with Crippen LogP contribution >= 0.6 is 0 Å². The number of anilines is 1. The molecule has 3 N–H and O–H groups in total. The van der Waals surface area contributed by atoms with E-state index in [9.17, 15) is 0 Å². The first-order chi connectivity index (χ1) is 18.7. The molecule has 0 saturated carbocycles. The van der Waals surface area contributed by atoms with E-state index in [0.29, 0.717) is 35.6 Å². The Labute approximate surface area is 226 Å². The predicted molar refractivity (Wildman–Crippen MR) is 151 cm³/mol. The Kier molecular flexibility index (Phi) is 12.6. The van der Waals surface area contributed by atoms with Gasteiger partial charge >= 0.3 is 0 Å². The van der Waals surface area contributed by atoms with E-state index < -0.39 is 0 Å². The topological polar surface area (TPSA) is 104 Å². The van der Waals surface area contributed by atoms with Gasteiger partial charge in [-0.15, -0.1) is 0 Å². The number of nitrogens with two attached hydrogens (primary N) is 1. The zero-order chi connectivity index (χ0) is 27.0. The number of morpholine rings is 1. The summed E-state index contributed by atoms with van der Waals surface area (Å²) in [5.41, 5.74) is 6.85. The van der Waals surface area contributed by atoms with E-state index in [2.05, 4.69) is 45.3 Å². The third kappa shape index (κ3) is 9.48. The molecule has 1 atom stereocenters. The lowest BCUT2D eigenvalue weighted by Crippen LogP contribution is -2.37. The highest BCUT2D eigenvalue weighted by Crippen LogP contribution is 2.37. The molecule has 1 aliphatic heterocycles. The van der Waals surface area contributed by atoms with E-state index in [1.54, 1.807) is 19.2 Å². The molecular formula is C29H41N5O4. The minimum Gasteiger partial charge on any atom is -0.493 e. The summed E-state index contributed by atoms with van der Waals surface area (Å²) in [7, 11) is 1.61. The zero-order valence-electron chi connectivity index (χ0n) is 22.8. The van der Waals surface area contributed by atoms with Crippen LogP contribution in [0.15, 0.2) is 61.0 Å². The third-order valence-corrected chi connectivity index (χ3v) is 5.92. The van der Waals surface area contributed by atoms with Gasteiger partial charge in [-0.3, -0.25) is 4.90 Å². The first-order valence-electron chi connectivity index (χ1n) is 13.2. The number of aromatic nitrogens is 2. The van der Waals surface area contributed by atoms with Crippen LogP contribution in [0.3, 0.4) is 0 Å². The number of methoxy groups -OCH3 is 1. The van der Waals surface area contributed by atoms with Crippen molar-refractivity contribution in [2.24, 2.45) is 5.73 Å². The van der Waals surface area contributed by atoms with Crippen LogP contribution in [0, 0.1) is 0 Å². The van der Waals surface area contributed by atoms with E-state index in [1.165, 1.54) is 6.33 Å². The molecule has 1 saturated heterocycles. The normalized spacial score (nSPS) is 15.4. The molecule has 0 spiro atoms. The molecule has 1 aliphatic rings. The van der Waals surface area contributed by atoms with Crippen LogP contribution in [0.25, 0.3) is 0 Å². The Balaban J connectivity index is 1.67. The number of benzene rings is 1. The van der Waals surface area contributed by atoms with Crippen LogP contribution < -0.4 is 25.3 Å². The van der Waals surface area contributed by atoms with Crippen LogP contribution in [0.1, 0.15) is 32.3 Å². The molecule has 38 heavy (non-hydrogen) atoms. The molecule has 0 bridgehead atoms. The first-order valence-corrected chi connectivity index (χ1v) is 13.2. The molecule has 9 heteroatoms. The average Bonchev–Trinajstić information content (AvgIpc) is 2.95. The molecule has 206 valence electrons. The van der Waals surface area contributed by atoms with Crippen molar-refractivity contribution >= 4 is 5.82 Å². The predicted octanol–water partition coefficient (Wildman–Crippen LogP) is 4.72. The van der Waals surface area contributed by atoms with Gasteiger partial charge < -0.3 is 30.0 Å². The number of hydrogen-bond acceptors (Lipinski definition) is 9. The summed E-state index contributed by atoms with van der Waals surface area (Å²) in [4.78, 5) is 11.0. The van der Waals surface area contributed by atoms with Crippen molar-refractivity contribution in [1.29, 1.82) is 0 Å². The number of nitrogens with zero attached hydrogens (tertiary/aromatic N) is 3. The fraction of sp³-hybridized carbons (Fsp3) is 0.448. The second kappa shape index (κ2) is 16.4. The molecule has 1 aromatic heterocycles. The van der Waals surface area contributed by atoms with Crippen molar-refractivity contribution in [3.8, 4) is 23.1 Å². The molecule has 1 unspecified atom stereocenters. The Morgan fingerprint density at radius 3 is 2.68 bits per heavy atom. The van der Waals surface area contributed by atoms with Crippen molar-refractivity contribution in [1.82, 2.24) is 14.9 Å². The van der Waals surface area contributed by atoms with Gasteiger partial charge in [-0.25, -0.2) is 9.97 Å². The molecule has 2 aromatic rings. The van der Waals surface area contributed by atoms with Crippen LogP contribution in [-0.4, -0.2) is 67.5 Å². The smallest absolute Gasteiger partial charge is 0.224 e. The fourth-order valence-corrected chi connectivity index (χ4v) is 3.90. The number of ether oxygens (including phenoxy) is 4. The van der Waals surface area contributed by atoms with E-state index >= 15 is 0 Å². The van der Waals surface area contributed by atoms with Gasteiger partial charge in [0.05, 0.1) is 33.0 Å². The van der Waals surface area contributed by atoms with Crippen LogP contribution in [-0.2, 0) is 11.3 Å². The highest BCUT2D eigenvalue weighted by molar-refractivity contribution is 5.52. The van der Waals surface area contributed by atoms with Crippen molar-refractivity contribution in [2.45, 2.75) is 39.3 Å². The molecule has 0 amide bonds. The molecule has 9 nitrogen and oxygen atoms in total. The number of rotatable bonds is 15.